The van der Waals surface area contributed by atoms with E-state index in [1.54, 1.807) is 30.7 Å². The van der Waals surface area contributed by atoms with Gasteiger partial charge in [0.1, 0.15) is 0 Å². The first-order chi connectivity index (χ1) is 15.5. The minimum Gasteiger partial charge on any atom is -0.353 e. The number of carbonyl (C=O) groups is 2. The fourth-order valence-corrected chi connectivity index (χ4v) is 4.64. The van der Waals surface area contributed by atoms with Crippen LogP contribution in [0.3, 0.4) is 0 Å². The maximum atomic E-state index is 12.6. The third-order valence-electron chi connectivity index (χ3n) is 5.64. The summed E-state index contributed by atoms with van der Waals surface area (Å²) in [5, 5.41) is 3.91. The molecule has 0 radical (unpaired) electrons. The van der Waals surface area contributed by atoms with Crippen LogP contribution in [0.1, 0.15) is 34.3 Å². The van der Waals surface area contributed by atoms with E-state index in [2.05, 4.69) is 47.3 Å². The van der Waals surface area contributed by atoms with Gasteiger partial charge in [0.15, 0.2) is 5.16 Å². The highest BCUT2D eigenvalue weighted by atomic mass is 32.2. The second-order valence-electron chi connectivity index (χ2n) is 8.03. The van der Waals surface area contributed by atoms with Crippen molar-refractivity contribution < 1.29 is 9.59 Å². The minimum absolute atomic E-state index is 0.00979. The van der Waals surface area contributed by atoms with Gasteiger partial charge in [-0.1, -0.05) is 23.9 Å². The number of amides is 2. The van der Waals surface area contributed by atoms with E-state index in [1.807, 2.05) is 15.7 Å². The highest BCUT2D eigenvalue weighted by Gasteiger charge is 2.24. The van der Waals surface area contributed by atoms with E-state index in [4.69, 9.17) is 0 Å². The summed E-state index contributed by atoms with van der Waals surface area (Å²) >= 11 is 1.43. The van der Waals surface area contributed by atoms with E-state index in [0.29, 0.717) is 24.4 Å². The number of rotatable bonds is 6. The number of hydrogen-bond acceptors (Lipinski definition) is 5. The second-order valence-corrected chi connectivity index (χ2v) is 8.97. The number of nitrogens with zero attached hydrogens (tertiary/aromatic N) is 4. The van der Waals surface area contributed by atoms with Crippen LogP contribution in [0, 0.1) is 13.8 Å². The number of pyridine rings is 1. The van der Waals surface area contributed by atoms with Crippen LogP contribution in [0.25, 0.3) is 5.69 Å². The van der Waals surface area contributed by atoms with Gasteiger partial charge in [-0.25, -0.2) is 4.98 Å². The van der Waals surface area contributed by atoms with Crippen molar-refractivity contribution in [3.63, 3.8) is 0 Å². The fraction of sp³-hybridized carbons (Fsp3) is 0.333. The number of hydrogen-bond donors (Lipinski definition) is 1. The molecule has 0 aliphatic carbocycles. The maximum absolute atomic E-state index is 12.6. The fourth-order valence-electron chi connectivity index (χ4n) is 3.86. The Hall–Kier alpha value is -3.13. The molecular weight excluding hydrogens is 422 g/mol. The Morgan fingerprint density at radius 3 is 2.59 bits per heavy atom. The van der Waals surface area contributed by atoms with E-state index in [-0.39, 0.29) is 17.9 Å². The molecule has 1 aliphatic rings. The average molecular weight is 450 g/mol. The van der Waals surface area contributed by atoms with Gasteiger partial charge in [0.2, 0.25) is 5.91 Å². The van der Waals surface area contributed by atoms with Crippen molar-refractivity contribution in [2.75, 3.05) is 18.8 Å². The van der Waals surface area contributed by atoms with Crippen LogP contribution in [0.4, 0.5) is 0 Å². The van der Waals surface area contributed by atoms with Gasteiger partial charge in [0, 0.05) is 49.5 Å². The molecule has 32 heavy (non-hydrogen) atoms. The number of thioether (sulfide) groups is 1. The van der Waals surface area contributed by atoms with Crippen LogP contribution in [0.5, 0.6) is 0 Å². The van der Waals surface area contributed by atoms with E-state index < -0.39 is 0 Å². The summed E-state index contributed by atoms with van der Waals surface area (Å²) in [7, 11) is 0. The predicted octanol–water partition coefficient (Wildman–Crippen LogP) is 3.40. The molecule has 0 spiro atoms. The lowest BCUT2D eigenvalue weighted by Crippen LogP contribution is -2.47. The van der Waals surface area contributed by atoms with E-state index in [1.165, 1.54) is 17.3 Å². The predicted molar refractivity (Wildman–Crippen MR) is 125 cm³/mol. The Bertz CT molecular complexity index is 1090. The van der Waals surface area contributed by atoms with Crippen LogP contribution in [0.2, 0.25) is 0 Å². The summed E-state index contributed by atoms with van der Waals surface area (Å²) in [6.07, 6.45) is 8.46. The molecule has 2 amide bonds. The molecule has 0 unspecified atom stereocenters. The number of piperidine rings is 1. The molecule has 7 nitrogen and oxygen atoms in total. The Balaban J connectivity index is 1.28. The SMILES string of the molecule is Cc1ccc(C)c(-n2ccnc2SCC(=O)NC2CCN(C(=O)c3ccncc3)CC2)c1. The topological polar surface area (TPSA) is 80.1 Å². The Labute approximate surface area is 192 Å². The Kier molecular flexibility index (Phi) is 6.90. The lowest BCUT2D eigenvalue weighted by atomic mass is 10.0. The van der Waals surface area contributed by atoms with Gasteiger partial charge < -0.3 is 10.2 Å². The number of aryl methyl sites for hydroxylation is 2. The smallest absolute Gasteiger partial charge is 0.253 e. The lowest BCUT2D eigenvalue weighted by molar-refractivity contribution is -0.119. The van der Waals surface area contributed by atoms with Gasteiger partial charge in [-0.2, -0.15) is 0 Å². The highest BCUT2D eigenvalue weighted by Crippen LogP contribution is 2.23. The third-order valence-corrected chi connectivity index (χ3v) is 6.60. The zero-order chi connectivity index (χ0) is 22.5. The van der Waals surface area contributed by atoms with Gasteiger partial charge in [-0.05, 0) is 56.0 Å². The van der Waals surface area contributed by atoms with E-state index in [0.717, 1.165) is 29.2 Å². The van der Waals surface area contributed by atoms with Gasteiger partial charge >= 0.3 is 0 Å². The van der Waals surface area contributed by atoms with Crippen LogP contribution in [-0.2, 0) is 4.79 Å². The normalized spacial score (nSPS) is 14.4. The number of likely N-dealkylation sites (tertiary alicyclic amines) is 1. The molecule has 1 saturated heterocycles. The first-order valence-corrected chi connectivity index (χ1v) is 11.7. The van der Waals surface area contributed by atoms with Gasteiger partial charge in [-0.3, -0.25) is 19.1 Å². The van der Waals surface area contributed by atoms with Crippen molar-refractivity contribution in [1.29, 1.82) is 0 Å². The zero-order valence-electron chi connectivity index (χ0n) is 18.3. The number of imidazole rings is 1. The summed E-state index contributed by atoms with van der Waals surface area (Å²) in [6, 6.07) is 9.86. The molecule has 0 atom stereocenters. The van der Waals surface area contributed by atoms with Crippen LogP contribution in [-0.4, -0.2) is 56.1 Å². The van der Waals surface area contributed by atoms with Crippen molar-refractivity contribution in [3.05, 3.63) is 71.8 Å². The summed E-state index contributed by atoms with van der Waals surface area (Å²) in [5.74, 6) is 0.313. The van der Waals surface area contributed by atoms with Gasteiger partial charge in [-0.15, -0.1) is 0 Å². The van der Waals surface area contributed by atoms with Crippen LogP contribution >= 0.6 is 11.8 Å². The molecule has 1 N–H and O–H groups in total. The Morgan fingerprint density at radius 1 is 1.09 bits per heavy atom. The standard InChI is InChI=1S/C24H27N5O2S/c1-17-3-4-18(2)21(15-17)29-14-11-26-24(29)32-16-22(30)27-20-7-12-28(13-8-20)23(31)19-5-9-25-10-6-19/h3-6,9-11,14-15,20H,7-8,12-13,16H2,1-2H3,(H,27,30). The second kappa shape index (κ2) is 9.99. The van der Waals surface area contributed by atoms with Crippen molar-refractivity contribution in [3.8, 4) is 5.69 Å². The van der Waals surface area contributed by atoms with Crippen LogP contribution in [0.15, 0.2) is 60.3 Å². The van der Waals surface area contributed by atoms with E-state index >= 15 is 0 Å². The monoisotopic (exact) mass is 449 g/mol. The van der Waals surface area contributed by atoms with Crippen LogP contribution < -0.4 is 5.32 Å². The highest BCUT2D eigenvalue weighted by molar-refractivity contribution is 7.99. The first-order valence-electron chi connectivity index (χ1n) is 10.7. The van der Waals surface area contributed by atoms with Crippen molar-refractivity contribution >= 4 is 23.6 Å². The summed E-state index contributed by atoms with van der Waals surface area (Å²) in [6.45, 7) is 5.41. The molecule has 1 aliphatic heterocycles. The third kappa shape index (κ3) is 5.19. The molecule has 2 aromatic heterocycles. The maximum Gasteiger partial charge on any atom is 0.253 e. The molecule has 3 aromatic rings. The molecule has 166 valence electrons. The molecule has 4 rings (SSSR count). The van der Waals surface area contributed by atoms with Gasteiger partial charge in [0.05, 0.1) is 11.4 Å². The zero-order valence-corrected chi connectivity index (χ0v) is 19.1. The largest absolute Gasteiger partial charge is 0.353 e. The quantitative estimate of drug-likeness (QED) is 0.584. The molecule has 1 fully saturated rings. The number of benzene rings is 1. The average Bonchev–Trinajstić information content (AvgIpc) is 3.28. The van der Waals surface area contributed by atoms with Crippen molar-refractivity contribution in [2.24, 2.45) is 0 Å². The van der Waals surface area contributed by atoms with Crippen molar-refractivity contribution in [1.82, 2.24) is 24.8 Å². The number of carbonyl (C=O) groups excluding carboxylic acids is 2. The number of nitrogens with one attached hydrogen (secondary N) is 1. The van der Waals surface area contributed by atoms with E-state index in [9.17, 15) is 9.59 Å². The Morgan fingerprint density at radius 2 is 1.84 bits per heavy atom. The molecule has 0 saturated carbocycles. The molecule has 1 aromatic carbocycles. The lowest BCUT2D eigenvalue weighted by Gasteiger charge is -2.32. The van der Waals surface area contributed by atoms with Gasteiger partial charge in [0.25, 0.3) is 5.91 Å². The van der Waals surface area contributed by atoms with Crippen molar-refractivity contribution in [2.45, 2.75) is 37.9 Å². The molecular formula is C24H27N5O2S. The molecule has 8 heteroatoms. The summed E-state index contributed by atoms with van der Waals surface area (Å²) < 4.78 is 2.03. The molecule has 0 bridgehead atoms. The molecule has 3 heterocycles. The first kappa shape index (κ1) is 22.1. The summed E-state index contributed by atoms with van der Waals surface area (Å²) in [5.41, 5.74) is 4.07. The number of aromatic nitrogens is 3. The summed E-state index contributed by atoms with van der Waals surface area (Å²) in [4.78, 5) is 35.3. The minimum atomic E-state index is -0.00979.